The molecule has 0 saturated carbocycles. The van der Waals surface area contributed by atoms with Gasteiger partial charge >= 0.3 is 62.6 Å². The second kappa shape index (κ2) is 11.9. The Morgan fingerprint density at radius 1 is 1.11 bits per heavy atom. The summed E-state index contributed by atoms with van der Waals surface area (Å²) in [6, 6.07) is 0. The standard InChI is InChI=1S/C2H7AsO2.Na.3H2O.H/c1-3(2,4)5;;;;;/h1-2H3,(H,4,5);;3*1H2;. The van der Waals surface area contributed by atoms with Crippen LogP contribution in [-0.2, 0) is 3.74 Å². The van der Waals surface area contributed by atoms with Crippen molar-refractivity contribution in [3.63, 3.8) is 0 Å². The molecule has 0 aliphatic heterocycles. The molecule has 7 heteroatoms. The fourth-order valence-electron chi connectivity index (χ4n) is 0. The van der Waals surface area contributed by atoms with E-state index in [-0.39, 0.29) is 46.0 Å². The van der Waals surface area contributed by atoms with Gasteiger partial charge in [-0.2, -0.15) is 0 Å². The molecule has 0 heterocycles. The molecule has 58 valence electrons. The van der Waals surface area contributed by atoms with Gasteiger partial charge in [0.2, 0.25) is 0 Å². The SMILES string of the molecule is C[As](C)(=O)O.O.O.O.[NaH]. The molecule has 5 nitrogen and oxygen atoms in total. The topological polar surface area (TPSA) is 132 Å². The molecule has 0 bridgehead atoms. The van der Waals surface area contributed by atoms with E-state index >= 15 is 0 Å². The van der Waals surface area contributed by atoms with Crippen molar-refractivity contribution in [2.45, 2.75) is 11.4 Å². The van der Waals surface area contributed by atoms with Crippen molar-refractivity contribution in [3.8, 4) is 0 Å². The molecular formula is C2H14AsNaO5. The molecule has 7 N–H and O–H groups in total. The van der Waals surface area contributed by atoms with E-state index in [2.05, 4.69) is 0 Å². The summed E-state index contributed by atoms with van der Waals surface area (Å²) in [7, 11) is 0. The van der Waals surface area contributed by atoms with Crippen molar-refractivity contribution >= 4 is 43.4 Å². The predicted molar refractivity (Wildman–Crippen MR) is 38.4 cm³/mol. The van der Waals surface area contributed by atoms with Gasteiger partial charge in [0.1, 0.15) is 0 Å². The average molecular weight is 216 g/mol. The summed E-state index contributed by atoms with van der Waals surface area (Å²) in [5.74, 6) is 0. The molecule has 0 aliphatic carbocycles. The molecule has 9 heavy (non-hydrogen) atoms. The zero-order valence-corrected chi connectivity index (χ0v) is 6.68. The molecule has 0 rings (SSSR count). The third kappa shape index (κ3) is 332. The van der Waals surface area contributed by atoms with Gasteiger partial charge in [0.05, 0.1) is 0 Å². The molecule has 0 fully saturated rings. The van der Waals surface area contributed by atoms with Crippen LogP contribution in [-0.4, -0.2) is 63.9 Å². The van der Waals surface area contributed by atoms with Gasteiger partial charge in [-0.25, -0.2) is 0 Å². The molecule has 0 radical (unpaired) electrons. The Bertz CT molecular complexity index is 61.1. The molecule has 0 saturated heterocycles. The van der Waals surface area contributed by atoms with E-state index in [0.717, 1.165) is 0 Å². The fraction of sp³-hybridized carbons (Fsp3) is 1.00. The van der Waals surface area contributed by atoms with Crippen LogP contribution >= 0.6 is 0 Å². The van der Waals surface area contributed by atoms with Crippen LogP contribution in [0.1, 0.15) is 0 Å². The second-order valence-corrected chi connectivity index (χ2v) is 6.72. The first kappa shape index (κ1) is 31.9. The first-order valence-electron chi connectivity index (χ1n) is 1.28. The minimum atomic E-state index is -3.12. The predicted octanol–water partition coefficient (Wildman–Crippen LogP) is -3.01. The third-order valence-electron chi connectivity index (χ3n) is 0. The molecule has 0 aromatic heterocycles. The normalized spacial score (nSPS) is 6.56. The van der Waals surface area contributed by atoms with Crippen LogP contribution in [0, 0.1) is 0 Å². The van der Waals surface area contributed by atoms with E-state index in [1.165, 1.54) is 11.4 Å². The zero-order valence-electron chi connectivity index (χ0n) is 4.80. The molecule has 0 spiro atoms. The van der Waals surface area contributed by atoms with Crippen molar-refractivity contribution in [3.05, 3.63) is 0 Å². The Hall–Kier alpha value is 1.20. The van der Waals surface area contributed by atoms with E-state index in [1.807, 2.05) is 0 Å². The van der Waals surface area contributed by atoms with Gasteiger partial charge in [-0.05, 0) is 0 Å². The molecule has 0 aromatic rings. The van der Waals surface area contributed by atoms with Crippen molar-refractivity contribution in [2.24, 2.45) is 0 Å². The first-order valence-corrected chi connectivity index (χ1v) is 6.64. The van der Waals surface area contributed by atoms with E-state index in [1.54, 1.807) is 0 Å². The summed E-state index contributed by atoms with van der Waals surface area (Å²) >= 11 is -3.12. The Kier molecular flexibility index (Phi) is 42.3. The van der Waals surface area contributed by atoms with Crippen LogP contribution in [0.15, 0.2) is 0 Å². The van der Waals surface area contributed by atoms with E-state index in [9.17, 15) is 3.74 Å². The van der Waals surface area contributed by atoms with Gasteiger partial charge in [-0.15, -0.1) is 0 Å². The van der Waals surface area contributed by atoms with Gasteiger partial charge in [0, 0.05) is 0 Å². The van der Waals surface area contributed by atoms with Gasteiger partial charge < -0.3 is 16.4 Å². The maximum absolute atomic E-state index is 9.83. The summed E-state index contributed by atoms with van der Waals surface area (Å²) < 4.78 is 18.0. The Morgan fingerprint density at radius 3 is 1.11 bits per heavy atom. The first-order chi connectivity index (χ1) is 2.00. The van der Waals surface area contributed by atoms with Crippen LogP contribution < -0.4 is 0 Å². The van der Waals surface area contributed by atoms with E-state index in [4.69, 9.17) is 4.10 Å². The Balaban J connectivity index is -0.0000000133. The molecule has 0 aliphatic rings. The van der Waals surface area contributed by atoms with Crippen molar-refractivity contribution in [2.75, 3.05) is 0 Å². The third-order valence-corrected chi connectivity index (χ3v) is 0. The quantitative estimate of drug-likeness (QED) is 0.432. The maximum atomic E-state index is 9.83. The number of hydrogen-bond donors (Lipinski definition) is 1. The zero-order chi connectivity index (χ0) is 4.50. The van der Waals surface area contributed by atoms with Gasteiger partial charge in [-0.3, -0.25) is 0 Å². The van der Waals surface area contributed by atoms with Crippen molar-refractivity contribution in [1.29, 1.82) is 0 Å². The van der Waals surface area contributed by atoms with Gasteiger partial charge in [0.25, 0.3) is 0 Å². The summed E-state index contributed by atoms with van der Waals surface area (Å²) in [4.78, 5) is 0. The summed E-state index contributed by atoms with van der Waals surface area (Å²) in [6.45, 7) is 0. The Labute approximate surface area is 78.7 Å². The number of rotatable bonds is 0. The van der Waals surface area contributed by atoms with Crippen molar-refractivity contribution < 1.29 is 24.3 Å². The van der Waals surface area contributed by atoms with Crippen molar-refractivity contribution in [1.82, 2.24) is 0 Å². The fourth-order valence-corrected chi connectivity index (χ4v) is 0. The van der Waals surface area contributed by atoms with Crippen LogP contribution in [0.2, 0.25) is 11.4 Å². The van der Waals surface area contributed by atoms with E-state index in [0.29, 0.717) is 0 Å². The summed E-state index contributed by atoms with van der Waals surface area (Å²) in [6.07, 6.45) is 0. The van der Waals surface area contributed by atoms with E-state index < -0.39 is 13.8 Å². The molecule has 0 aromatic carbocycles. The van der Waals surface area contributed by atoms with Crippen LogP contribution in [0.3, 0.4) is 0 Å². The Morgan fingerprint density at radius 2 is 1.11 bits per heavy atom. The second-order valence-electron chi connectivity index (χ2n) is 1.29. The molecule has 0 amide bonds. The van der Waals surface area contributed by atoms with Crippen LogP contribution in [0.5, 0.6) is 0 Å². The van der Waals surface area contributed by atoms with Crippen LogP contribution in [0.4, 0.5) is 0 Å². The average Bonchev–Trinajstić information content (AvgIpc) is 0.722. The molecule has 0 unspecified atom stereocenters. The molecule has 0 atom stereocenters. The molecular weight excluding hydrogens is 202 g/mol. The van der Waals surface area contributed by atoms with Gasteiger partial charge in [-0.1, -0.05) is 0 Å². The summed E-state index contributed by atoms with van der Waals surface area (Å²) in [5, 5.41) is 0. The minimum absolute atomic E-state index is 0. The van der Waals surface area contributed by atoms with Gasteiger partial charge in [0.15, 0.2) is 0 Å². The van der Waals surface area contributed by atoms with Crippen LogP contribution in [0.25, 0.3) is 0 Å². The monoisotopic (exact) mass is 216 g/mol. The summed E-state index contributed by atoms with van der Waals surface area (Å²) in [5.41, 5.74) is 2.72. The number of hydrogen-bond acceptors (Lipinski definition) is 1.